The Labute approximate surface area is 60.1 Å². The van der Waals surface area contributed by atoms with Crippen molar-refractivity contribution in [3.05, 3.63) is 11.1 Å². The first-order valence-electron chi connectivity index (χ1n) is 3.10. The van der Waals surface area contributed by atoms with Crippen LogP contribution < -0.4 is 5.32 Å². The van der Waals surface area contributed by atoms with Crippen LogP contribution in [0.5, 0.6) is 0 Å². The van der Waals surface area contributed by atoms with Crippen molar-refractivity contribution in [1.82, 2.24) is 5.32 Å². The van der Waals surface area contributed by atoms with E-state index in [1.165, 1.54) is 16.3 Å². The van der Waals surface area contributed by atoms with Crippen molar-refractivity contribution in [2.45, 2.75) is 20.8 Å². The smallest absolute Gasteiger partial charge is 0.0263 e. The summed E-state index contributed by atoms with van der Waals surface area (Å²) in [7, 11) is 0. The molecule has 0 saturated carbocycles. The molecule has 1 aliphatic rings. The van der Waals surface area contributed by atoms with Gasteiger partial charge in [-0.1, -0.05) is 20.8 Å². The summed E-state index contributed by atoms with van der Waals surface area (Å²) in [5, 5.41) is 3.08. The van der Waals surface area contributed by atoms with E-state index in [0.29, 0.717) is 5.41 Å². The zero-order valence-corrected chi connectivity index (χ0v) is 7.00. The molecule has 0 aromatic rings. The predicted molar refractivity (Wildman–Crippen MR) is 45.7 cm³/mol. The zero-order chi connectivity index (χ0) is 6.91. The predicted octanol–water partition coefficient (Wildman–Crippen LogP) is 1.70. The van der Waals surface area contributed by atoms with E-state index in [0.717, 1.165) is 0 Å². The molecule has 1 heterocycles. The van der Waals surface area contributed by atoms with Crippen LogP contribution in [0.3, 0.4) is 0 Å². The molecule has 0 bridgehead atoms. The summed E-state index contributed by atoms with van der Waals surface area (Å²) in [6.45, 7) is 6.69. The minimum atomic E-state index is 0.335. The highest BCUT2D eigenvalue weighted by molar-refractivity contribution is 8.01. The number of rotatable bonds is 0. The van der Waals surface area contributed by atoms with Crippen LogP contribution in [0.25, 0.3) is 0 Å². The van der Waals surface area contributed by atoms with Gasteiger partial charge in [0.25, 0.3) is 0 Å². The average Bonchev–Trinajstić information content (AvgIpc) is 2.08. The molecule has 1 N–H and O–H groups in total. The molecule has 1 rings (SSSR count). The highest BCUT2D eigenvalue weighted by Gasteiger charge is 2.15. The first kappa shape index (κ1) is 6.87. The van der Waals surface area contributed by atoms with Gasteiger partial charge in [-0.15, -0.1) is 0 Å². The fourth-order valence-corrected chi connectivity index (χ4v) is 1.49. The standard InChI is InChI=1S/C7H13NS/c1-7(2,3)6-4-8-5-9-6/h4-5,8-9H,1-3H3. The Bertz CT molecular complexity index is 162. The zero-order valence-electron chi connectivity index (χ0n) is 6.10. The summed E-state index contributed by atoms with van der Waals surface area (Å²) >= 11 is 1.33. The van der Waals surface area contributed by atoms with Crippen molar-refractivity contribution < 1.29 is 0 Å². The average molecular weight is 143 g/mol. The third-order valence-electron chi connectivity index (χ3n) is 1.27. The van der Waals surface area contributed by atoms with Gasteiger partial charge in [0.15, 0.2) is 0 Å². The van der Waals surface area contributed by atoms with E-state index in [4.69, 9.17) is 0 Å². The molecule has 1 aliphatic heterocycles. The van der Waals surface area contributed by atoms with Crippen LogP contribution in [0.15, 0.2) is 11.1 Å². The molecule has 0 unspecified atom stereocenters. The van der Waals surface area contributed by atoms with Crippen LogP contribution in [-0.2, 0) is 0 Å². The topological polar surface area (TPSA) is 12.0 Å². The van der Waals surface area contributed by atoms with Crippen LogP contribution in [0.4, 0.5) is 0 Å². The van der Waals surface area contributed by atoms with E-state index >= 15 is 0 Å². The lowest BCUT2D eigenvalue weighted by atomic mass is 9.97. The van der Waals surface area contributed by atoms with Gasteiger partial charge in [-0.2, -0.15) is 11.4 Å². The fraction of sp³-hybridized carbons (Fsp3) is 0.571. The Hall–Kier alpha value is -0.240. The molecule has 0 aromatic carbocycles. The number of hydrogen-bond donors (Lipinski definition) is 2. The van der Waals surface area contributed by atoms with Gasteiger partial charge in [0.1, 0.15) is 0 Å². The van der Waals surface area contributed by atoms with Crippen molar-refractivity contribution >= 4 is 16.8 Å². The SMILES string of the molecule is CC(C)(C)C1=CNC=[SH]1. The third-order valence-corrected chi connectivity index (χ3v) is 2.62. The molecule has 0 atom stereocenters. The van der Waals surface area contributed by atoms with E-state index in [2.05, 4.69) is 37.8 Å². The molecule has 0 aromatic heterocycles. The van der Waals surface area contributed by atoms with Crippen LogP contribution in [-0.4, -0.2) is 5.49 Å². The fourth-order valence-electron chi connectivity index (χ4n) is 0.670. The molecule has 0 amide bonds. The summed E-state index contributed by atoms with van der Waals surface area (Å²) in [6.07, 6.45) is 2.08. The normalized spacial score (nSPS) is 18.3. The Balaban J connectivity index is 2.73. The third kappa shape index (κ3) is 1.58. The largest absolute Gasteiger partial charge is 0.362 e. The highest BCUT2D eigenvalue weighted by atomic mass is 32.1. The van der Waals surface area contributed by atoms with Gasteiger partial charge in [-0.3, -0.25) is 0 Å². The Morgan fingerprint density at radius 3 is 2.33 bits per heavy atom. The Morgan fingerprint density at radius 1 is 1.44 bits per heavy atom. The number of thiol groups is 1. The van der Waals surface area contributed by atoms with E-state index in [1.54, 1.807) is 0 Å². The monoisotopic (exact) mass is 143 g/mol. The van der Waals surface area contributed by atoms with Gasteiger partial charge in [0.2, 0.25) is 0 Å². The molecule has 1 nitrogen and oxygen atoms in total. The van der Waals surface area contributed by atoms with E-state index in [9.17, 15) is 0 Å². The molecule has 0 radical (unpaired) electrons. The lowest BCUT2D eigenvalue weighted by Gasteiger charge is -2.17. The highest BCUT2D eigenvalue weighted by Crippen LogP contribution is 2.30. The second kappa shape index (κ2) is 2.18. The lowest BCUT2D eigenvalue weighted by molar-refractivity contribution is 0.532. The summed E-state index contributed by atoms with van der Waals surface area (Å²) < 4.78 is 0. The van der Waals surface area contributed by atoms with E-state index < -0.39 is 0 Å². The first-order valence-corrected chi connectivity index (χ1v) is 4.06. The van der Waals surface area contributed by atoms with Crippen molar-refractivity contribution in [1.29, 1.82) is 0 Å². The molecule has 0 saturated heterocycles. The molecular weight excluding hydrogens is 130 g/mol. The van der Waals surface area contributed by atoms with Crippen molar-refractivity contribution in [2.75, 3.05) is 0 Å². The second-order valence-corrected chi connectivity index (χ2v) is 4.20. The molecule has 9 heavy (non-hydrogen) atoms. The molecule has 0 spiro atoms. The molecule has 52 valence electrons. The minimum Gasteiger partial charge on any atom is -0.362 e. The second-order valence-electron chi connectivity index (χ2n) is 3.20. The minimum absolute atomic E-state index is 0.335. The van der Waals surface area contributed by atoms with E-state index in [1.807, 2.05) is 0 Å². The lowest BCUT2D eigenvalue weighted by Crippen LogP contribution is -2.05. The first-order chi connectivity index (χ1) is 4.11. The van der Waals surface area contributed by atoms with Gasteiger partial charge in [0.05, 0.1) is 0 Å². The quantitative estimate of drug-likeness (QED) is 0.388. The van der Waals surface area contributed by atoms with E-state index in [-0.39, 0.29) is 0 Å². The van der Waals surface area contributed by atoms with Gasteiger partial charge in [0, 0.05) is 11.7 Å². The summed E-state index contributed by atoms with van der Waals surface area (Å²) in [4.78, 5) is 1.46. The van der Waals surface area contributed by atoms with Crippen LogP contribution in [0, 0.1) is 5.41 Å². The van der Waals surface area contributed by atoms with Gasteiger partial charge in [-0.25, -0.2) is 0 Å². The maximum atomic E-state index is 3.08. The number of nitrogens with one attached hydrogen (secondary N) is 1. The summed E-state index contributed by atoms with van der Waals surface area (Å²) in [5.41, 5.74) is 2.39. The van der Waals surface area contributed by atoms with Crippen molar-refractivity contribution in [3.63, 3.8) is 0 Å². The maximum Gasteiger partial charge on any atom is 0.0263 e. The molecule has 0 fully saturated rings. The van der Waals surface area contributed by atoms with Crippen LogP contribution in [0.1, 0.15) is 20.8 Å². The van der Waals surface area contributed by atoms with Gasteiger partial charge >= 0.3 is 0 Å². The number of hydrogen-bond acceptors (Lipinski definition) is 1. The summed E-state index contributed by atoms with van der Waals surface area (Å²) in [6, 6.07) is 0. The number of allylic oxidation sites excluding steroid dienone is 1. The summed E-state index contributed by atoms with van der Waals surface area (Å²) in [5.74, 6) is 0. The van der Waals surface area contributed by atoms with Crippen molar-refractivity contribution in [3.8, 4) is 0 Å². The Morgan fingerprint density at radius 2 is 2.11 bits per heavy atom. The molecule has 2 heteroatoms. The van der Waals surface area contributed by atoms with Crippen LogP contribution >= 0.6 is 11.4 Å². The molecule has 0 aliphatic carbocycles. The Kier molecular flexibility index (Phi) is 1.66. The van der Waals surface area contributed by atoms with Gasteiger partial charge < -0.3 is 5.32 Å². The maximum absolute atomic E-state index is 3.08. The molecular formula is C7H13NS. The van der Waals surface area contributed by atoms with Crippen LogP contribution in [0.2, 0.25) is 0 Å². The van der Waals surface area contributed by atoms with Crippen molar-refractivity contribution in [2.24, 2.45) is 5.41 Å². The van der Waals surface area contributed by atoms with Gasteiger partial charge in [-0.05, 0) is 10.3 Å².